The molecule has 0 aliphatic carbocycles. The van der Waals surface area contributed by atoms with E-state index in [1.54, 1.807) is 0 Å². The van der Waals surface area contributed by atoms with E-state index in [0.717, 1.165) is 0 Å². The minimum absolute atomic E-state index is 0.0347. The maximum atomic E-state index is 12.2. The van der Waals surface area contributed by atoms with Crippen molar-refractivity contribution in [2.24, 2.45) is 0 Å². The Labute approximate surface area is 174 Å². The van der Waals surface area contributed by atoms with Crippen LogP contribution in [0.2, 0.25) is 0 Å². The second kappa shape index (κ2) is 9.92. The Morgan fingerprint density at radius 3 is 2.21 bits per heavy atom. The first-order valence-electron chi connectivity index (χ1n) is 8.28. The fraction of sp³-hybridized carbons (Fsp3) is 0.105. The topological polar surface area (TPSA) is 114 Å². The molecule has 0 radical (unpaired) electrons. The number of ether oxygens (including phenoxy) is 1. The Hall–Kier alpha value is -3.08. The van der Waals surface area contributed by atoms with Crippen molar-refractivity contribution in [2.75, 3.05) is 19.0 Å². The van der Waals surface area contributed by atoms with Crippen LogP contribution in [0.25, 0.3) is 0 Å². The third kappa shape index (κ3) is 6.21. The van der Waals surface area contributed by atoms with Crippen LogP contribution in [-0.4, -0.2) is 39.1 Å². The lowest BCUT2D eigenvalue weighted by atomic mass is 10.1. The van der Waals surface area contributed by atoms with E-state index in [9.17, 15) is 18.0 Å². The molecule has 0 heterocycles. The summed E-state index contributed by atoms with van der Waals surface area (Å²) in [5.74, 6) is -0.967. The number of amides is 1. The molecular weight excluding hydrogens is 414 g/mol. The Kier molecular flexibility index (Phi) is 7.59. The second-order valence-electron chi connectivity index (χ2n) is 5.64. The molecule has 0 unspecified atom stereocenters. The predicted octanol–water partition coefficient (Wildman–Crippen LogP) is 2.06. The van der Waals surface area contributed by atoms with Crippen molar-refractivity contribution in [1.29, 1.82) is 0 Å². The van der Waals surface area contributed by atoms with Gasteiger partial charge in [0.1, 0.15) is 0 Å². The predicted molar refractivity (Wildman–Crippen MR) is 113 cm³/mol. The number of methoxy groups -OCH3 is 1. The summed E-state index contributed by atoms with van der Waals surface area (Å²) in [6.45, 7) is 3.58. The van der Waals surface area contributed by atoms with E-state index in [2.05, 4.69) is 26.7 Å². The standard InChI is InChI=1S/C19H19N3O5S2/c1-3-12-20-29(25,26)16-10-8-15(9-11-16)21-19(28)22-17(23)13-4-6-14(7-5-13)18(24)27-2/h3-11,20H,1,12H2,2H3,(H2,21,22,23,28). The van der Waals surface area contributed by atoms with Crippen LogP contribution in [0.3, 0.4) is 0 Å². The van der Waals surface area contributed by atoms with Gasteiger partial charge in [0.25, 0.3) is 5.91 Å². The summed E-state index contributed by atoms with van der Waals surface area (Å²) in [6, 6.07) is 11.7. The highest BCUT2D eigenvalue weighted by Gasteiger charge is 2.13. The number of benzene rings is 2. The fourth-order valence-electron chi connectivity index (χ4n) is 2.18. The van der Waals surface area contributed by atoms with E-state index in [0.29, 0.717) is 16.8 Å². The van der Waals surface area contributed by atoms with Crippen LogP contribution in [0, 0.1) is 0 Å². The quantitative estimate of drug-likeness (QED) is 0.348. The van der Waals surface area contributed by atoms with Crippen LogP contribution >= 0.6 is 12.2 Å². The van der Waals surface area contributed by atoms with Gasteiger partial charge in [0.15, 0.2) is 5.11 Å². The molecular formula is C19H19N3O5S2. The van der Waals surface area contributed by atoms with Gasteiger partial charge in [-0.1, -0.05) is 6.08 Å². The van der Waals surface area contributed by atoms with Gasteiger partial charge in [-0.05, 0) is 60.7 Å². The second-order valence-corrected chi connectivity index (χ2v) is 7.82. The van der Waals surface area contributed by atoms with Crippen LogP contribution in [0.5, 0.6) is 0 Å². The van der Waals surface area contributed by atoms with Crippen molar-refractivity contribution in [1.82, 2.24) is 10.0 Å². The highest BCUT2D eigenvalue weighted by Crippen LogP contribution is 2.14. The fourth-order valence-corrected chi connectivity index (χ4v) is 3.39. The normalized spacial score (nSPS) is 10.7. The SMILES string of the molecule is C=CCNS(=O)(=O)c1ccc(NC(=S)NC(=O)c2ccc(C(=O)OC)cc2)cc1. The molecule has 0 fully saturated rings. The van der Waals surface area contributed by atoms with Gasteiger partial charge < -0.3 is 10.1 Å². The number of anilines is 1. The average Bonchev–Trinajstić information content (AvgIpc) is 2.72. The van der Waals surface area contributed by atoms with E-state index in [1.165, 1.54) is 61.7 Å². The number of carbonyl (C=O) groups is 2. The molecule has 0 aliphatic rings. The smallest absolute Gasteiger partial charge is 0.337 e. The van der Waals surface area contributed by atoms with Gasteiger partial charge in [-0.25, -0.2) is 17.9 Å². The molecule has 0 saturated carbocycles. The summed E-state index contributed by atoms with van der Waals surface area (Å²) in [7, 11) is -2.35. The summed E-state index contributed by atoms with van der Waals surface area (Å²) in [4.78, 5) is 23.7. The van der Waals surface area contributed by atoms with Gasteiger partial charge in [-0.15, -0.1) is 6.58 Å². The molecule has 3 N–H and O–H groups in total. The maximum Gasteiger partial charge on any atom is 0.337 e. The molecule has 10 heteroatoms. The van der Waals surface area contributed by atoms with Crippen molar-refractivity contribution >= 4 is 44.9 Å². The molecule has 0 atom stereocenters. The van der Waals surface area contributed by atoms with Gasteiger partial charge in [0, 0.05) is 17.8 Å². The third-order valence-corrected chi connectivity index (χ3v) is 5.28. The van der Waals surface area contributed by atoms with E-state index in [4.69, 9.17) is 12.2 Å². The van der Waals surface area contributed by atoms with E-state index >= 15 is 0 Å². The van der Waals surface area contributed by atoms with Crippen LogP contribution in [0.15, 0.2) is 66.1 Å². The zero-order chi connectivity index (χ0) is 21.4. The summed E-state index contributed by atoms with van der Waals surface area (Å²) in [6.07, 6.45) is 1.44. The molecule has 0 saturated heterocycles. The van der Waals surface area contributed by atoms with Gasteiger partial charge >= 0.3 is 5.97 Å². The molecule has 152 valence electrons. The van der Waals surface area contributed by atoms with Crippen molar-refractivity contribution in [3.63, 3.8) is 0 Å². The van der Waals surface area contributed by atoms with Crippen LogP contribution < -0.4 is 15.4 Å². The number of hydrogen-bond donors (Lipinski definition) is 3. The Bertz CT molecular complexity index is 1020. The number of thiocarbonyl (C=S) groups is 1. The molecule has 8 nitrogen and oxygen atoms in total. The number of esters is 1. The third-order valence-electron chi connectivity index (χ3n) is 3.64. The van der Waals surface area contributed by atoms with Gasteiger partial charge in [0.05, 0.1) is 17.6 Å². The van der Waals surface area contributed by atoms with Crippen molar-refractivity contribution in [2.45, 2.75) is 4.90 Å². The first-order valence-corrected chi connectivity index (χ1v) is 10.2. The van der Waals surface area contributed by atoms with Crippen molar-refractivity contribution < 1.29 is 22.7 Å². The van der Waals surface area contributed by atoms with E-state index in [1.807, 2.05) is 0 Å². The molecule has 0 aliphatic heterocycles. The number of rotatable bonds is 7. The molecule has 1 amide bonds. The van der Waals surface area contributed by atoms with Gasteiger partial charge in [-0.3, -0.25) is 10.1 Å². The number of carbonyl (C=O) groups excluding carboxylic acids is 2. The number of nitrogens with one attached hydrogen (secondary N) is 3. The molecule has 0 spiro atoms. The Balaban J connectivity index is 1.97. The molecule has 2 rings (SSSR count). The van der Waals surface area contributed by atoms with Crippen molar-refractivity contribution in [3.8, 4) is 0 Å². The number of hydrogen-bond acceptors (Lipinski definition) is 6. The highest BCUT2D eigenvalue weighted by molar-refractivity contribution is 7.89. The lowest BCUT2D eigenvalue weighted by Gasteiger charge is -2.11. The summed E-state index contributed by atoms with van der Waals surface area (Å²) in [5.41, 5.74) is 1.12. The molecule has 0 bridgehead atoms. The first-order chi connectivity index (χ1) is 13.8. The van der Waals surface area contributed by atoms with Crippen LogP contribution in [0.1, 0.15) is 20.7 Å². The molecule has 0 aromatic heterocycles. The lowest BCUT2D eigenvalue weighted by Crippen LogP contribution is -2.34. The highest BCUT2D eigenvalue weighted by atomic mass is 32.2. The van der Waals surface area contributed by atoms with Gasteiger partial charge in [-0.2, -0.15) is 0 Å². The van der Waals surface area contributed by atoms with Crippen molar-refractivity contribution in [3.05, 3.63) is 72.3 Å². The Morgan fingerprint density at radius 2 is 1.66 bits per heavy atom. The minimum Gasteiger partial charge on any atom is -0.465 e. The van der Waals surface area contributed by atoms with Crippen LogP contribution in [0.4, 0.5) is 5.69 Å². The zero-order valence-corrected chi connectivity index (χ0v) is 17.1. The molecule has 2 aromatic rings. The largest absolute Gasteiger partial charge is 0.465 e. The minimum atomic E-state index is -3.62. The van der Waals surface area contributed by atoms with Crippen LogP contribution in [-0.2, 0) is 14.8 Å². The Morgan fingerprint density at radius 1 is 1.07 bits per heavy atom. The van der Waals surface area contributed by atoms with E-state index < -0.39 is 21.9 Å². The van der Waals surface area contributed by atoms with Gasteiger partial charge in [0.2, 0.25) is 10.0 Å². The first kappa shape index (κ1) is 22.2. The molecule has 2 aromatic carbocycles. The average molecular weight is 434 g/mol. The summed E-state index contributed by atoms with van der Waals surface area (Å²) in [5, 5.41) is 5.34. The summed E-state index contributed by atoms with van der Waals surface area (Å²) >= 11 is 5.10. The molecule has 29 heavy (non-hydrogen) atoms. The maximum absolute atomic E-state index is 12.2. The monoisotopic (exact) mass is 433 g/mol. The number of sulfonamides is 1. The summed E-state index contributed by atoms with van der Waals surface area (Å²) < 4.78 is 31.0. The lowest BCUT2D eigenvalue weighted by molar-refractivity contribution is 0.0600. The van der Waals surface area contributed by atoms with E-state index in [-0.39, 0.29) is 16.6 Å². The zero-order valence-electron chi connectivity index (χ0n) is 15.5.